The molecule has 0 spiro atoms. The van der Waals surface area contributed by atoms with Gasteiger partial charge in [0.2, 0.25) is 0 Å². The fourth-order valence-electron chi connectivity index (χ4n) is 2.81. The van der Waals surface area contributed by atoms with E-state index in [1.165, 1.54) is 0 Å². The summed E-state index contributed by atoms with van der Waals surface area (Å²) in [6.45, 7) is 0. The average Bonchev–Trinajstić information content (AvgIpc) is 2.16. The van der Waals surface area contributed by atoms with E-state index in [4.69, 9.17) is 10.2 Å². The Hall–Kier alpha value is -1.32. The Bertz CT molecular complexity index is 331. The van der Waals surface area contributed by atoms with Gasteiger partial charge in [-0.15, -0.1) is 0 Å². The summed E-state index contributed by atoms with van der Waals surface area (Å²) in [7, 11) is 0. The number of fused-ring (bicyclic) bond motifs is 2. The minimum atomic E-state index is -0.885. The third-order valence-corrected chi connectivity index (χ3v) is 3.51. The summed E-state index contributed by atoms with van der Waals surface area (Å²) in [4.78, 5) is 21.8. The Morgan fingerprint density at radius 3 is 2.53 bits per heavy atom. The van der Waals surface area contributed by atoms with Crippen LogP contribution in [-0.2, 0) is 9.59 Å². The van der Waals surface area contributed by atoms with Crippen LogP contribution in [0.5, 0.6) is 0 Å². The molecule has 2 N–H and O–H groups in total. The molecule has 82 valence electrons. The number of aliphatic carboxylic acids is 2. The van der Waals surface area contributed by atoms with Crippen LogP contribution in [0, 0.1) is 17.8 Å². The van der Waals surface area contributed by atoms with Gasteiger partial charge >= 0.3 is 11.9 Å². The fraction of sp³-hybridized carbons (Fsp3) is 0.636. The first-order valence-corrected chi connectivity index (χ1v) is 5.24. The quantitative estimate of drug-likeness (QED) is 0.724. The minimum Gasteiger partial charge on any atom is -0.481 e. The maximum absolute atomic E-state index is 10.9. The molecule has 0 heterocycles. The first kappa shape index (κ1) is 10.2. The monoisotopic (exact) mass is 210 g/mol. The standard InChI is InChI=1S/C11H14O4/c12-10(13)8-4-6-1-2-9(11(14)15)7(3-6)5-8/h2,6-8H,1,3-5H2,(H,12,13)(H,14,15). The van der Waals surface area contributed by atoms with Crippen molar-refractivity contribution in [2.75, 3.05) is 0 Å². The normalized spacial score (nSPS) is 34.4. The van der Waals surface area contributed by atoms with Crippen LogP contribution in [0.25, 0.3) is 0 Å². The van der Waals surface area contributed by atoms with Crippen molar-refractivity contribution < 1.29 is 19.8 Å². The molecule has 1 saturated carbocycles. The van der Waals surface area contributed by atoms with Crippen LogP contribution >= 0.6 is 0 Å². The Morgan fingerprint density at radius 1 is 1.20 bits per heavy atom. The molecule has 3 atom stereocenters. The molecule has 2 bridgehead atoms. The van der Waals surface area contributed by atoms with Crippen molar-refractivity contribution in [2.45, 2.75) is 25.7 Å². The highest BCUT2D eigenvalue weighted by Crippen LogP contribution is 2.42. The van der Waals surface area contributed by atoms with Gasteiger partial charge in [0, 0.05) is 5.57 Å². The Kier molecular flexibility index (Phi) is 2.50. The molecular weight excluding hydrogens is 196 g/mol. The lowest BCUT2D eigenvalue weighted by Crippen LogP contribution is -2.32. The predicted molar refractivity (Wildman–Crippen MR) is 52.3 cm³/mol. The molecule has 0 aromatic heterocycles. The topological polar surface area (TPSA) is 74.6 Å². The molecule has 15 heavy (non-hydrogen) atoms. The van der Waals surface area contributed by atoms with Crippen LogP contribution in [0.3, 0.4) is 0 Å². The van der Waals surface area contributed by atoms with Crippen LogP contribution in [-0.4, -0.2) is 22.2 Å². The molecule has 0 aromatic carbocycles. The van der Waals surface area contributed by atoms with Crippen LogP contribution < -0.4 is 0 Å². The van der Waals surface area contributed by atoms with Crippen molar-refractivity contribution in [1.82, 2.24) is 0 Å². The Balaban J connectivity index is 2.17. The molecule has 3 unspecified atom stereocenters. The zero-order valence-electron chi connectivity index (χ0n) is 8.35. The van der Waals surface area contributed by atoms with Crippen molar-refractivity contribution in [3.05, 3.63) is 11.6 Å². The van der Waals surface area contributed by atoms with E-state index in [9.17, 15) is 9.59 Å². The molecule has 0 aromatic rings. The molecule has 4 heteroatoms. The molecule has 0 radical (unpaired) electrons. The molecular formula is C11H14O4. The molecule has 0 amide bonds. The van der Waals surface area contributed by atoms with Crippen LogP contribution in [0.1, 0.15) is 25.7 Å². The second kappa shape index (κ2) is 3.68. The van der Waals surface area contributed by atoms with Crippen molar-refractivity contribution >= 4 is 11.9 Å². The van der Waals surface area contributed by atoms with E-state index in [0.29, 0.717) is 24.3 Å². The van der Waals surface area contributed by atoms with Crippen LogP contribution in [0.2, 0.25) is 0 Å². The smallest absolute Gasteiger partial charge is 0.331 e. The van der Waals surface area contributed by atoms with Gasteiger partial charge in [0.15, 0.2) is 0 Å². The third kappa shape index (κ3) is 1.89. The van der Waals surface area contributed by atoms with E-state index < -0.39 is 11.9 Å². The summed E-state index contributed by atoms with van der Waals surface area (Å²) < 4.78 is 0. The lowest BCUT2D eigenvalue weighted by atomic mass is 9.68. The van der Waals surface area contributed by atoms with Crippen LogP contribution in [0.4, 0.5) is 0 Å². The van der Waals surface area contributed by atoms with E-state index >= 15 is 0 Å². The molecule has 2 aliphatic carbocycles. The zero-order valence-corrected chi connectivity index (χ0v) is 8.35. The summed E-state index contributed by atoms with van der Waals surface area (Å²) in [5.74, 6) is -1.69. The molecule has 2 aliphatic rings. The first-order valence-electron chi connectivity index (χ1n) is 5.24. The number of carboxylic acid groups (broad SMARTS) is 2. The number of allylic oxidation sites excluding steroid dienone is 1. The number of hydrogen-bond acceptors (Lipinski definition) is 2. The average molecular weight is 210 g/mol. The van der Waals surface area contributed by atoms with Gasteiger partial charge in [0.25, 0.3) is 0 Å². The van der Waals surface area contributed by atoms with E-state index in [-0.39, 0.29) is 11.8 Å². The Morgan fingerprint density at radius 2 is 1.93 bits per heavy atom. The van der Waals surface area contributed by atoms with Crippen molar-refractivity contribution in [3.63, 3.8) is 0 Å². The van der Waals surface area contributed by atoms with Gasteiger partial charge in [-0.05, 0) is 37.5 Å². The largest absolute Gasteiger partial charge is 0.481 e. The van der Waals surface area contributed by atoms with Crippen molar-refractivity contribution in [2.24, 2.45) is 17.8 Å². The van der Waals surface area contributed by atoms with Gasteiger partial charge in [-0.1, -0.05) is 6.08 Å². The number of hydrogen-bond donors (Lipinski definition) is 2. The van der Waals surface area contributed by atoms with Gasteiger partial charge in [0.1, 0.15) is 0 Å². The van der Waals surface area contributed by atoms with Gasteiger partial charge < -0.3 is 10.2 Å². The summed E-state index contributed by atoms with van der Waals surface area (Å²) >= 11 is 0. The van der Waals surface area contributed by atoms with Gasteiger partial charge in [-0.2, -0.15) is 0 Å². The lowest BCUT2D eigenvalue weighted by molar-refractivity contribution is -0.144. The summed E-state index contributed by atoms with van der Waals surface area (Å²) in [6.07, 6.45) is 4.54. The highest BCUT2D eigenvalue weighted by molar-refractivity contribution is 5.87. The Labute approximate surface area is 87.6 Å². The highest BCUT2D eigenvalue weighted by Gasteiger charge is 2.38. The van der Waals surface area contributed by atoms with Crippen LogP contribution in [0.15, 0.2) is 11.6 Å². The van der Waals surface area contributed by atoms with E-state index in [2.05, 4.69) is 0 Å². The van der Waals surface area contributed by atoms with Gasteiger partial charge in [-0.25, -0.2) is 4.79 Å². The van der Waals surface area contributed by atoms with Crippen molar-refractivity contribution in [1.29, 1.82) is 0 Å². The number of rotatable bonds is 2. The lowest BCUT2D eigenvalue weighted by Gasteiger charge is -2.36. The fourth-order valence-corrected chi connectivity index (χ4v) is 2.81. The minimum absolute atomic E-state index is 0.0453. The van der Waals surface area contributed by atoms with Crippen molar-refractivity contribution in [3.8, 4) is 0 Å². The molecule has 1 fully saturated rings. The molecule has 0 saturated heterocycles. The van der Waals surface area contributed by atoms with Gasteiger partial charge in [0.05, 0.1) is 5.92 Å². The number of carboxylic acids is 2. The van der Waals surface area contributed by atoms with E-state index in [0.717, 1.165) is 12.8 Å². The predicted octanol–water partition coefficient (Wildman–Crippen LogP) is 1.52. The second-order valence-corrected chi connectivity index (χ2v) is 4.51. The first-order chi connectivity index (χ1) is 7.08. The second-order valence-electron chi connectivity index (χ2n) is 4.51. The molecule has 4 nitrogen and oxygen atoms in total. The van der Waals surface area contributed by atoms with Gasteiger partial charge in [-0.3, -0.25) is 4.79 Å². The molecule has 0 aliphatic heterocycles. The summed E-state index contributed by atoms with van der Waals surface area (Å²) in [6, 6.07) is 0. The molecule has 2 rings (SSSR count). The maximum Gasteiger partial charge on any atom is 0.331 e. The summed E-state index contributed by atoms with van der Waals surface area (Å²) in [5, 5.41) is 17.9. The third-order valence-electron chi connectivity index (χ3n) is 3.51. The number of carbonyl (C=O) groups is 2. The van der Waals surface area contributed by atoms with E-state index in [1.807, 2.05) is 0 Å². The SMILES string of the molecule is O=C(O)C1=CCC2CC(C(=O)O)CC1C2. The highest BCUT2D eigenvalue weighted by atomic mass is 16.4. The summed E-state index contributed by atoms with van der Waals surface area (Å²) in [5.41, 5.74) is 0.428. The van der Waals surface area contributed by atoms with E-state index in [1.54, 1.807) is 6.08 Å². The maximum atomic E-state index is 10.9. The zero-order chi connectivity index (χ0) is 11.0.